The van der Waals surface area contributed by atoms with Gasteiger partial charge in [0.2, 0.25) is 5.91 Å². The zero-order valence-corrected chi connectivity index (χ0v) is 13.6. The number of hydrogen-bond acceptors (Lipinski definition) is 5. The Bertz CT molecular complexity index is 592. The van der Waals surface area contributed by atoms with Crippen molar-refractivity contribution in [1.82, 2.24) is 20.1 Å². The molecule has 3 amide bonds. The Balaban J connectivity index is 1.80. The molecule has 8 heteroatoms. The van der Waals surface area contributed by atoms with E-state index in [0.29, 0.717) is 12.0 Å². The molecular formula is C14H21N5O2S. The molecule has 120 valence electrons. The summed E-state index contributed by atoms with van der Waals surface area (Å²) in [5, 5.41) is 11.2. The topological polar surface area (TPSA) is 103 Å². The number of amides is 3. The van der Waals surface area contributed by atoms with Gasteiger partial charge in [0.05, 0.1) is 5.25 Å². The van der Waals surface area contributed by atoms with Crippen molar-refractivity contribution >= 4 is 23.7 Å². The molecule has 0 unspecified atom stereocenters. The number of imide groups is 1. The lowest BCUT2D eigenvalue weighted by Crippen LogP contribution is -2.42. The molecule has 0 saturated heterocycles. The maximum Gasteiger partial charge on any atom is 0.318 e. The predicted octanol–water partition coefficient (Wildman–Crippen LogP) is 1.80. The maximum atomic E-state index is 12.2. The van der Waals surface area contributed by atoms with Crippen molar-refractivity contribution in [2.45, 2.75) is 61.9 Å². The highest BCUT2D eigenvalue weighted by Gasteiger charge is 2.37. The van der Waals surface area contributed by atoms with Crippen LogP contribution in [0.1, 0.15) is 57.3 Å². The average Bonchev–Trinajstić information content (AvgIpc) is 3.33. The van der Waals surface area contributed by atoms with Crippen LogP contribution in [-0.4, -0.2) is 32.0 Å². The smallest absolute Gasteiger partial charge is 0.318 e. The summed E-state index contributed by atoms with van der Waals surface area (Å²) >= 11 is 1.38. The fourth-order valence-electron chi connectivity index (χ4n) is 2.46. The van der Waals surface area contributed by atoms with E-state index in [0.717, 1.165) is 23.8 Å². The molecule has 7 nitrogen and oxygen atoms in total. The SMILES string of the molecule is CC(C)[C@@H](Sc1nnc(C2CC2)n1C1CC1)C(=O)NC(N)=O. The van der Waals surface area contributed by atoms with Crippen LogP contribution in [0.5, 0.6) is 0 Å². The number of nitrogens with zero attached hydrogens (tertiary/aromatic N) is 3. The lowest BCUT2D eigenvalue weighted by molar-refractivity contribution is -0.120. The van der Waals surface area contributed by atoms with Crippen molar-refractivity contribution in [3.05, 3.63) is 5.82 Å². The Labute approximate surface area is 133 Å². The Kier molecular flexibility index (Phi) is 4.12. The van der Waals surface area contributed by atoms with Gasteiger partial charge in [-0.25, -0.2) is 4.79 Å². The number of primary amides is 1. The molecule has 0 bridgehead atoms. The van der Waals surface area contributed by atoms with Crippen molar-refractivity contribution in [1.29, 1.82) is 0 Å². The van der Waals surface area contributed by atoms with Gasteiger partial charge in [0.15, 0.2) is 5.16 Å². The normalized spacial score (nSPS) is 19.2. The second-order valence-corrected chi connectivity index (χ2v) is 7.46. The lowest BCUT2D eigenvalue weighted by atomic mass is 10.1. The lowest BCUT2D eigenvalue weighted by Gasteiger charge is -2.19. The van der Waals surface area contributed by atoms with Gasteiger partial charge in [-0.15, -0.1) is 10.2 Å². The summed E-state index contributed by atoms with van der Waals surface area (Å²) in [5.41, 5.74) is 5.05. The van der Waals surface area contributed by atoms with Crippen LogP contribution in [0.15, 0.2) is 5.16 Å². The van der Waals surface area contributed by atoms with Crippen LogP contribution in [0.3, 0.4) is 0 Å². The van der Waals surface area contributed by atoms with Gasteiger partial charge in [0, 0.05) is 12.0 Å². The molecule has 3 rings (SSSR count). The molecule has 1 atom stereocenters. The van der Waals surface area contributed by atoms with E-state index >= 15 is 0 Å². The quantitative estimate of drug-likeness (QED) is 0.777. The fourth-order valence-corrected chi connectivity index (χ4v) is 3.57. The number of thioether (sulfide) groups is 1. The van der Waals surface area contributed by atoms with Gasteiger partial charge >= 0.3 is 6.03 Å². The van der Waals surface area contributed by atoms with Crippen LogP contribution < -0.4 is 11.1 Å². The first kappa shape index (κ1) is 15.3. The van der Waals surface area contributed by atoms with E-state index in [1.54, 1.807) is 0 Å². The third-order valence-corrected chi connectivity index (χ3v) is 5.39. The van der Waals surface area contributed by atoms with Crippen molar-refractivity contribution in [2.75, 3.05) is 0 Å². The Morgan fingerprint density at radius 1 is 1.27 bits per heavy atom. The molecule has 0 aliphatic heterocycles. The number of rotatable bonds is 6. The predicted molar refractivity (Wildman–Crippen MR) is 82.5 cm³/mol. The summed E-state index contributed by atoms with van der Waals surface area (Å²) in [6, 6.07) is -0.348. The first-order valence-corrected chi connectivity index (χ1v) is 8.57. The van der Waals surface area contributed by atoms with Gasteiger partial charge in [-0.2, -0.15) is 0 Å². The molecule has 2 saturated carbocycles. The first-order valence-electron chi connectivity index (χ1n) is 7.69. The molecule has 0 aromatic carbocycles. The minimum atomic E-state index is -0.821. The van der Waals surface area contributed by atoms with Crippen LogP contribution in [0, 0.1) is 5.92 Å². The number of hydrogen-bond donors (Lipinski definition) is 2. The summed E-state index contributed by atoms with van der Waals surface area (Å²) in [6.07, 6.45) is 4.63. The van der Waals surface area contributed by atoms with E-state index in [2.05, 4.69) is 20.1 Å². The first-order chi connectivity index (χ1) is 10.5. The molecule has 3 N–H and O–H groups in total. The summed E-state index contributed by atoms with van der Waals surface area (Å²) in [6.45, 7) is 3.88. The molecule has 2 fully saturated rings. The molecule has 1 heterocycles. The van der Waals surface area contributed by atoms with Crippen molar-refractivity contribution < 1.29 is 9.59 Å². The van der Waals surface area contributed by atoms with Gasteiger partial charge in [0.1, 0.15) is 5.82 Å². The van der Waals surface area contributed by atoms with Gasteiger partial charge < -0.3 is 10.3 Å². The fraction of sp³-hybridized carbons (Fsp3) is 0.714. The molecule has 2 aliphatic carbocycles. The van der Waals surface area contributed by atoms with Crippen molar-refractivity contribution in [3.63, 3.8) is 0 Å². The highest BCUT2D eigenvalue weighted by atomic mass is 32.2. The molecule has 22 heavy (non-hydrogen) atoms. The van der Waals surface area contributed by atoms with Crippen LogP contribution >= 0.6 is 11.8 Å². The van der Waals surface area contributed by atoms with E-state index in [1.165, 1.54) is 24.6 Å². The highest BCUT2D eigenvalue weighted by molar-refractivity contribution is 8.00. The third kappa shape index (κ3) is 3.26. The van der Waals surface area contributed by atoms with Crippen LogP contribution in [0.2, 0.25) is 0 Å². The number of carbonyl (C=O) groups excluding carboxylic acids is 2. The van der Waals surface area contributed by atoms with Crippen LogP contribution in [0.4, 0.5) is 4.79 Å². The third-order valence-electron chi connectivity index (χ3n) is 3.89. The molecule has 2 aliphatic rings. The highest BCUT2D eigenvalue weighted by Crippen LogP contribution is 2.46. The van der Waals surface area contributed by atoms with Gasteiger partial charge in [-0.05, 0) is 31.6 Å². The van der Waals surface area contributed by atoms with E-state index in [-0.39, 0.29) is 11.8 Å². The number of nitrogens with two attached hydrogens (primary N) is 1. The Hall–Kier alpha value is -1.57. The molecule has 0 radical (unpaired) electrons. The summed E-state index contributed by atoms with van der Waals surface area (Å²) < 4.78 is 2.20. The number of nitrogens with one attached hydrogen (secondary N) is 1. The monoisotopic (exact) mass is 323 g/mol. The van der Waals surface area contributed by atoms with Gasteiger partial charge in [-0.3, -0.25) is 10.1 Å². The maximum absolute atomic E-state index is 12.2. The molecule has 0 spiro atoms. The second-order valence-electron chi connectivity index (χ2n) is 6.35. The summed E-state index contributed by atoms with van der Waals surface area (Å²) in [7, 11) is 0. The van der Waals surface area contributed by atoms with Crippen LogP contribution in [-0.2, 0) is 4.79 Å². The summed E-state index contributed by atoms with van der Waals surface area (Å²) in [5.74, 6) is 1.27. The average molecular weight is 323 g/mol. The van der Waals surface area contributed by atoms with Gasteiger partial charge in [-0.1, -0.05) is 25.6 Å². The second kappa shape index (κ2) is 5.91. The Morgan fingerprint density at radius 2 is 1.95 bits per heavy atom. The van der Waals surface area contributed by atoms with E-state index in [1.807, 2.05) is 13.8 Å². The molecule has 1 aromatic rings. The number of aromatic nitrogens is 3. The van der Waals surface area contributed by atoms with E-state index in [9.17, 15) is 9.59 Å². The van der Waals surface area contributed by atoms with Crippen molar-refractivity contribution in [2.24, 2.45) is 11.7 Å². The zero-order chi connectivity index (χ0) is 15.9. The standard InChI is InChI=1S/C14H21N5O2S/c1-7(2)10(12(20)16-13(15)21)22-14-18-17-11(8-3-4-8)19(14)9-5-6-9/h7-10H,3-6H2,1-2H3,(H3,15,16,20,21)/t10-/m1/s1. The minimum Gasteiger partial charge on any atom is -0.351 e. The molecule has 1 aromatic heterocycles. The van der Waals surface area contributed by atoms with Gasteiger partial charge in [0.25, 0.3) is 0 Å². The van der Waals surface area contributed by atoms with Crippen molar-refractivity contribution in [3.8, 4) is 0 Å². The Morgan fingerprint density at radius 3 is 2.45 bits per heavy atom. The van der Waals surface area contributed by atoms with E-state index in [4.69, 9.17) is 5.73 Å². The number of carbonyl (C=O) groups is 2. The zero-order valence-electron chi connectivity index (χ0n) is 12.8. The van der Waals surface area contributed by atoms with E-state index < -0.39 is 11.3 Å². The van der Waals surface area contributed by atoms with Crippen LogP contribution in [0.25, 0.3) is 0 Å². The largest absolute Gasteiger partial charge is 0.351 e. The minimum absolute atomic E-state index is 0.0538. The molecular weight excluding hydrogens is 302 g/mol. The summed E-state index contributed by atoms with van der Waals surface area (Å²) in [4.78, 5) is 23.1. The number of urea groups is 1.